The highest BCUT2D eigenvalue weighted by atomic mass is 32.2. The fourth-order valence-corrected chi connectivity index (χ4v) is 3.49. The van der Waals surface area contributed by atoms with Crippen LogP contribution in [-0.2, 0) is 14.4 Å². The van der Waals surface area contributed by atoms with Gasteiger partial charge in [0.1, 0.15) is 17.1 Å². The topological polar surface area (TPSA) is 142 Å². The summed E-state index contributed by atoms with van der Waals surface area (Å²) in [7, 11) is 0. The Morgan fingerprint density at radius 3 is 2.48 bits per heavy atom. The number of benzene rings is 1. The zero-order chi connectivity index (χ0) is 18.6. The van der Waals surface area contributed by atoms with Crippen LogP contribution in [0.4, 0.5) is 0 Å². The third-order valence-electron chi connectivity index (χ3n) is 3.71. The molecule has 1 aliphatic heterocycles. The number of amides is 1. The minimum absolute atomic E-state index is 0.0448. The summed E-state index contributed by atoms with van der Waals surface area (Å²) in [4.78, 5) is 35.1. The summed E-state index contributed by atoms with van der Waals surface area (Å²) in [6.45, 7) is 1.65. The zero-order valence-corrected chi connectivity index (χ0v) is 14.2. The zero-order valence-electron chi connectivity index (χ0n) is 13.4. The van der Waals surface area contributed by atoms with Gasteiger partial charge >= 0.3 is 11.9 Å². The molecule has 2 unspecified atom stereocenters. The molecule has 9 heteroatoms. The highest BCUT2D eigenvalue weighted by molar-refractivity contribution is 8.00. The molecule has 1 amide bonds. The van der Waals surface area contributed by atoms with Crippen molar-refractivity contribution in [3.8, 4) is 0 Å². The van der Waals surface area contributed by atoms with E-state index in [9.17, 15) is 24.6 Å². The monoisotopic (exact) mass is 365 g/mol. The molecule has 0 bridgehead atoms. The molecule has 2 rings (SSSR count). The molecule has 0 aliphatic carbocycles. The van der Waals surface area contributed by atoms with E-state index in [-0.39, 0.29) is 5.70 Å². The minimum atomic E-state index is -1.32. The predicted octanol–water partition coefficient (Wildman–Crippen LogP) is 0.277. The smallest absolute Gasteiger partial charge is 0.351 e. The van der Waals surface area contributed by atoms with Crippen molar-refractivity contribution in [3.63, 3.8) is 0 Å². The maximum atomic E-state index is 12.3. The van der Waals surface area contributed by atoms with Gasteiger partial charge in [0.2, 0.25) is 5.91 Å². The Labute approximate surface area is 148 Å². The van der Waals surface area contributed by atoms with Gasteiger partial charge in [0, 0.05) is 5.75 Å². The highest BCUT2D eigenvalue weighted by Gasteiger charge is 2.35. The first-order valence-corrected chi connectivity index (χ1v) is 8.51. The molecule has 134 valence electrons. The van der Waals surface area contributed by atoms with Crippen LogP contribution in [0.5, 0.6) is 0 Å². The average Bonchev–Trinajstić information content (AvgIpc) is 2.59. The Hall–Kier alpha value is -2.52. The van der Waals surface area contributed by atoms with Crippen molar-refractivity contribution < 1.29 is 24.6 Å². The van der Waals surface area contributed by atoms with Crippen molar-refractivity contribution in [2.45, 2.75) is 24.4 Å². The molecule has 0 spiro atoms. The lowest BCUT2D eigenvalue weighted by Gasteiger charge is -2.31. The number of nitrogens with one attached hydrogen (secondary N) is 2. The summed E-state index contributed by atoms with van der Waals surface area (Å²) in [6, 6.07) is 6.22. The Kier molecular flexibility index (Phi) is 6.05. The standard InChI is InChI=1S/C16H19N3O5S/c1-8-7-25-14(19-11(8)15(21)22)12(16(23)24)18-13(20)10(17)9-5-3-2-4-6-9/h2-6,10,12,14,19H,7,17H2,1H3,(H,18,20)(H,21,22)(H,23,24)/t10-,12?,14?/m1/s1. The van der Waals surface area contributed by atoms with E-state index in [1.807, 2.05) is 0 Å². The third-order valence-corrected chi connectivity index (χ3v) is 5.06. The molecule has 0 radical (unpaired) electrons. The van der Waals surface area contributed by atoms with Crippen LogP contribution in [0.15, 0.2) is 41.6 Å². The van der Waals surface area contributed by atoms with E-state index in [2.05, 4.69) is 10.6 Å². The minimum Gasteiger partial charge on any atom is -0.480 e. The second-order valence-electron chi connectivity index (χ2n) is 5.55. The van der Waals surface area contributed by atoms with Crippen molar-refractivity contribution in [2.24, 2.45) is 5.73 Å². The van der Waals surface area contributed by atoms with Crippen LogP contribution in [0.25, 0.3) is 0 Å². The van der Waals surface area contributed by atoms with Crippen LogP contribution in [0.1, 0.15) is 18.5 Å². The van der Waals surface area contributed by atoms with Crippen LogP contribution < -0.4 is 16.4 Å². The van der Waals surface area contributed by atoms with Gasteiger partial charge in [-0.3, -0.25) is 4.79 Å². The van der Waals surface area contributed by atoms with E-state index in [4.69, 9.17) is 5.73 Å². The maximum absolute atomic E-state index is 12.3. The van der Waals surface area contributed by atoms with E-state index in [0.717, 1.165) is 0 Å². The van der Waals surface area contributed by atoms with Crippen molar-refractivity contribution in [1.82, 2.24) is 10.6 Å². The van der Waals surface area contributed by atoms with Crippen molar-refractivity contribution in [3.05, 3.63) is 47.2 Å². The van der Waals surface area contributed by atoms with Gasteiger partial charge in [-0.25, -0.2) is 9.59 Å². The maximum Gasteiger partial charge on any atom is 0.351 e. The Bertz CT molecular complexity index is 707. The SMILES string of the molecule is CC1=C(C(=O)O)NC(C(NC(=O)[C@H](N)c2ccccc2)C(=O)O)SC1. The number of carbonyl (C=O) groups is 3. The van der Waals surface area contributed by atoms with Gasteiger partial charge in [0.25, 0.3) is 0 Å². The number of carbonyl (C=O) groups excluding carboxylic acids is 1. The van der Waals surface area contributed by atoms with Crippen LogP contribution in [0.2, 0.25) is 0 Å². The number of rotatable bonds is 6. The molecule has 1 aliphatic rings. The molecule has 8 nitrogen and oxygen atoms in total. The van der Waals surface area contributed by atoms with Crippen molar-refractivity contribution >= 4 is 29.6 Å². The molecule has 3 atom stereocenters. The molecule has 1 aromatic rings. The van der Waals surface area contributed by atoms with Gasteiger partial charge in [-0.1, -0.05) is 30.3 Å². The molecule has 0 fully saturated rings. The summed E-state index contributed by atoms with van der Waals surface area (Å²) in [6.07, 6.45) is 0. The summed E-state index contributed by atoms with van der Waals surface area (Å²) < 4.78 is 0. The largest absolute Gasteiger partial charge is 0.480 e. The van der Waals surface area contributed by atoms with Gasteiger partial charge in [-0.05, 0) is 18.1 Å². The fourth-order valence-electron chi connectivity index (χ4n) is 2.34. The van der Waals surface area contributed by atoms with Crippen LogP contribution in [0, 0.1) is 0 Å². The van der Waals surface area contributed by atoms with Gasteiger partial charge in [0.05, 0.1) is 0 Å². The molecule has 1 aromatic carbocycles. The summed E-state index contributed by atoms with van der Waals surface area (Å²) in [5, 5.41) is 22.9. The lowest BCUT2D eigenvalue weighted by Crippen LogP contribution is -2.55. The number of hydrogen-bond donors (Lipinski definition) is 5. The summed E-state index contributed by atoms with van der Waals surface area (Å²) in [5.74, 6) is -2.74. The normalized spacial score (nSPS) is 19.5. The van der Waals surface area contributed by atoms with Gasteiger partial charge < -0.3 is 26.6 Å². The molecular weight excluding hydrogens is 346 g/mol. The molecule has 0 aromatic heterocycles. The number of aliphatic carboxylic acids is 2. The van der Waals surface area contributed by atoms with E-state index >= 15 is 0 Å². The number of hydrogen-bond acceptors (Lipinski definition) is 6. The second-order valence-corrected chi connectivity index (χ2v) is 6.68. The number of thioether (sulfide) groups is 1. The van der Waals surface area contributed by atoms with Gasteiger partial charge in [-0.2, -0.15) is 0 Å². The van der Waals surface area contributed by atoms with Crippen LogP contribution in [-0.4, -0.2) is 45.2 Å². The van der Waals surface area contributed by atoms with Crippen LogP contribution in [0.3, 0.4) is 0 Å². The second kappa shape index (κ2) is 8.04. The number of carboxylic acid groups (broad SMARTS) is 2. The highest BCUT2D eigenvalue weighted by Crippen LogP contribution is 2.25. The Balaban J connectivity index is 2.13. The number of nitrogens with two attached hydrogens (primary N) is 1. The lowest BCUT2D eigenvalue weighted by atomic mass is 10.1. The molecule has 25 heavy (non-hydrogen) atoms. The molecule has 6 N–H and O–H groups in total. The Morgan fingerprint density at radius 1 is 1.28 bits per heavy atom. The quantitative estimate of drug-likeness (QED) is 0.484. The first kappa shape index (κ1) is 18.8. The predicted molar refractivity (Wildman–Crippen MR) is 92.7 cm³/mol. The molecule has 0 saturated carbocycles. The van der Waals surface area contributed by atoms with Gasteiger partial charge in [-0.15, -0.1) is 11.8 Å². The van der Waals surface area contributed by atoms with Gasteiger partial charge in [0.15, 0.2) is 6.04 Å². The van der Waals surface area contributed by atoms with E-state index in [1.165, 1.54) is 11.8 Å². The average molecular weight is 365 g/mol. The lowest BCUT2D eigenvalue weighted by molar-refractivity contribution is -0.142. The van der Waals surface area contributed by atoms with E-state index in [0.29, 0.717) is 16.9 Å². The van der Waals surface area contributed by atoms with E-state index < -0.39 is 35.3 Å². The first-order chi connectivity index (χ1) is 11.8. The number of carboxylic acids is 2. The van der Waals surface area contributed by atoms with Crippen molar-refractivity contribution in [2.75, 3.05) is 5.75 Å². The fraction of sp³-hybridized carbons (Fsp3) is 0.312. The third kappa shape index (κ3) is 4.52. The molecule has 0 saturated heterocycles. The molecule has 1 heterocycles. The molecular formula is C16H19N3O5S. The summed E-state index contributed by atoms with van der Waals surface area (Å²) in [5.41, 5.74) is 6.99. The Morgan fingerprint density at radius 2 is 1.92 bits per heavy atom. The van der Waals surface area contributed by atoms with Crippen LogP contribution >= 0.6 is 11.8 Å². The van der Waals surface area contributed by atoms with E-state index in [1.54, 1.807) is 37.3 Å². The summed E-state index contributed by atoms with van der Waals surface area (Å²) >= 11 is 1.21. The van der Waals surface area contributed by atoms with Crippen molar-refractivity contribution in [1.29, 1.82) is 0 Å². The first-order valence-electron chi connectivity index (χ1n) is 7.46.